The molecule has 1 saturated carbocycles. The number of amides is 1. The van der Waals surface area contributed by atoms with Crippen molar-refractivity contribution >= 4 is 28.2 Å². The zero-order valence-corrected chi connectivity index (χ0v) is 18.3. The van der Waals surface area contributed by atoms with Crippen molar-refractivity contribution in [1.29, 1.82) is 0 Å². The largest absolute Gasteiger partial charge is 0.354 e. The normalized spacial score (nSPS) is 21.8. The minimum Gasteiger partial charge on any atom is -0.354 e. The van der Waals surface area contributed by atoms with Gasteiger partial charge in [0.1, 0.15) is 0 Å². The first-order valence-electron chi connectivity index (χ1n) is 10.1. The van der Waals surface area contributed by atoms with Gasteiger partial charge in [-0.15, -0.1) is 12.4 Å². The smallest absolute Gasteiger partial charge is 0.241 e. The Labute approximate surface area is 175 Å². The van der Waals surface area contributed by atoms with Crippen LogP contribution in [0.3, 0.4) is 0 Å². The summed E-state index contributed by atoms with van der Waals surface area (Å²) in [6.45, 7) is 1.63. The summed E-state index contributed by atoms with van der Waals surface area (Å²) in [5, 5.41) is 6.26. The molecule has 2 aliphatic rings. The molecule has 1 amide bonds. The van der Waals surface area contributed by atoms with Crippen molar-refractivity contribution in [3.8, 4) is 0 Å². The van der Waals surface area contributed by atoms with Gasteiger partial charge < -0.3 is 10.6 Å². The van der Waals surface area contributed by atoms with Gasteiger partial charge in [-0.05, 0) is 44.3 Å². The molecule has 2 fully saturated rings. The molecule has 1 aromatic rings. The fourth-order valence-corrected chi connectivity index (χ4v) is 6.13. The van der Waals surface area contributed by atoms with Crippen molar-refractivity contribution in [1.82, 2.24) is 10.6 Å². The number of piperidine rings is 1. The first-order valence-corrected chi connectivity index (χ1v) is 12.0. The summed E-state index contributed by atoms with van der Waals surface area (Å²) in [5.74, 6) is -0.314. The Hall–Kier alpha value is -1.11. The summed E-state index contributed by atoms with van der Waals surface area (Å²) in [6.07, 6.45) is 8.69. The molecule has 28 heavy (non-hydrogen) atoms. The summed E-state index contributed by atoms with van der Waals surface area (Å²) in [6, 6.07) is 10.4. The van der Waals surface area contributed by atoms with E-state index in [-0.39, 0.29) is 23.7 Å². The van der Waals surface area contributed by atoms with Crippen LogP contribution in [0, 0.1) is 0 Å². The summed E-state index contributed by atoms with van der Waals surface area (Å²) in [5.41, 5.74) is 1.16. The Morgan fingerprint density at radius 2 is 1.57 bits per heavy atom. The third-order valence-corrected chi connectivity index (χ3v) is 8.58. The average molecular weight is 429 g/mol. The molecule has 0 atom stereocenters. The molecule has 5 nitrogen and oxygen atoms in total. The summed E-state index contributed by atoms with van der Waals surface area (Å²) >= 11 is 0. The lowest BCUT2D eigenvalue weighted by molar-refractivity contribution is -0.124. The van der Waals surface area contributed by atoms with Crippen molar-refractivity contribution in [3.05, 3.63) is 35.9 Å². The molecule has 1 aliphatic carbocycles. The molecule has 3 rings (SSSR count). The third-order valence-electron chi connectivity index (χ3n) is 6.57. The minimum absolute atomic E-state index is 0. The van der Waals surface area contributed by atoms with Crippen molar-refractivity contribution in [2.45, 2.75) is 61.5 Å². The fourth-order valence-electron chi connectivity index (χ4n) is 4.77. The number of sulfone groups is 1. The predicted octanol–water partition coefficient (Wildman–Crippen LogP) is 2.98. The number of nitrogens with one attached hydrogen (secondary N) is 2. The molecule has 1 aromatic carbocycles. The first-order chi connectivity index (χ1) is 12.9. The lowest BCUT2D eigenvalue weighted by Gasteiger charge is -2.38. The van der Waals surface area contributed by atoms with Gasteiger partial charge in [0.25, 0.3) is 0 Å². The van der Waals surface area contributed by atoms with E-state index < -0.39 is 14.6 Å². The van der Waals surface area contributed by atoms with Gasteiger partial charge in [0, 0.05) is 18.2 Å². The minimum atomic E-state index is -3.48. The van der Waals surface area contributed by atoms with Crippen molar-refractivity contribution in [2.24, 2.45) is 0 Å². The number of hydrogen-bond acceptors (Lipinski definition) is 4. The third kappa shape index (κ3) is 4.71. The topological polar surface area (TPSA) is 75.3 Å². The van der Waals surface area contributed by atoms with Crippen LogP contribution in [0.4, 0.5) is 0 Å². The molecule has 0 bridgehead atoms. The second-order valence-electron chi connectivity index (χ2n) is 8.26. The van der Waals surface area contributed by atoms with Gasteiger partial charge in [0.15, 0.2) is 14.6 Å². The molecule has 1 aliphatic heterocycles. The highest BCUT2D eigenvalue weighted by Gasteiger charge is 2.49. The zero-order valence-electron chi connectivity index (χ0n) is 16.7. The van der Waals surface area contributed by atoms with E-state index in [9.17, 15) is 13.2 Å². The maximum atomic E-state index is 13.2. The maximum absolute atomic E-state index is 13.2. The van der Waals surface area contributed by atoms with E-state index >= 15 is 0 Å². The van der Waals surface area contributed by atoms with Crippen LogP contribution in [-0.4, -0.2) is 45.0 Å². The van der Waals surface area contributed by atoms with Crippen molar-refractivity contribution in [3.63, 3.8) is 0 Å². The van der Waals surface area contributed by atoms with E-state index in [1.807, 2.05) is 6.07 Å². The van der Waals surface area contributed by atoms with E-state index in [0.717, 1.165) is 25.7 Å². The second kappa shape index (κ2) is 9.59. The van der Waals surface area contributed by atoms with E-state index in [0.29, 0.717) is 32.5 Å². The van der Waals surface area contributed by atoms with Crippen LogP contribution in [0.25, 0.3) is 0 Å². The Morgan fingerprint density at radius 1 is 1.00 bits per heavy atom. The van der Waals surface area contributed by atoms with E-state index in [1.54, 1.807) is 0 Å². The molecule has 0 unspecified atom stereocenters. The maximum Gasteiger partial charge on any atom is 0.241 e. The van der Waals surface area contributed by atoms with Gasteiger partial charge in [0.2, 0.25) is 5.91 Å². The van der Waals surface area contributed by atoms with Crippen LogP contribution in [0.15, 0.2) is 30.3 Å². The summed E-state index contributed by atoms with van der Waals surface area (Å²) < 4.78 is 23.7. The van der Waals surface area contributed by atoms with Crippen LogP contribution >= 0.6 is 12.4 Å². The monoisotopic (exact) mass is 428 g/mol. The molecule has 1 saturated heterocycles. The van der Waals surface area contributed by atoms with Crippen LogP contribution in [0.2, 0.25) is 0 Å². The molecule has 2 N–H and O–H groups in total. The van der Waals surface area contributed by atoms with Crippen LogP contribution in [0.1, 0.15) is 56.9 Å². The Kier molecular flexibility index (Phi) is 7.94. The number of carbonyl (C=O) groups is 1. The number of carbonyl (C=O) groups excluding carboxylic acids is 1. The van der Waals surface area contributed by atoms with Gasteiger partial charge in [-0.3, -0.25) is 4.79 Å². The van der Waals surface area contributed by atoms with Crippen molar-refractivity contribution < 1.29 is 13.2 Å². The Morgan fingerprint density at radius 3 is 2.11 bits per heavy atom. The van der Waals surface area contributed by atoms with Crippen LogP contribution in [0.5, 0.6) is 0 Å². The molecular weight excluding hydrogens is 396 g/mol. The standard InChI is InChI=1S/C21H32N2O3S.ClH/c1-27(25,26)21(13-15-22-16-14-21)19(24)23-17-20(11-7-2-3-8-12-20)18-9-5-4-6-10-18;/h4-6,9-10,22H,2-3,7-8,11-17H2,1H3,(H,23,24);1H. The number of hydrogen-bond donors (Lipinski definition) is 2. The molecule has 7 heteroatoms. The highest BCUT2D eigenvalue weighted by molar-refractivity contribution is 7.92. The summed E-state index contributed by atoms with van der Waals surface area (Å²) in [7, 11) is -3.48. The van der Waals surface area contributed by atoms with E-state index in [1.165, 1.54) is 24.7 Å². The average Bonchev–Trinajstić information content (AvgIpc) is 2.93. The van der Waals surface area contributed by atoms with Gasteiger partial charge >= 0.3 is 0 Å². The van der Waals surface area contributed by atoms with Crippen LogP contribution < -0.4 is 10.6 Å². The van der Waals surface area contributed by atoms with Gasteiger partial charge in [-0.1, -0.05) is 56.0 Å². The molecule has 0 spiro atoms. The molecule has 158 valence electrons. The van der Waals surface area contributed by atoms with Gasteiger partial charge in [-0.25, -0.2) is 8.42 Å². The molecule has 0 radical (unpaired) electrons. The zero-order chi connectivity index (χ0) is 19.4. The fraction of sp³-hybridized carbons (Fsp3) is 0.667. The van der Waals surface area contributed by atoms with Gasteiger partial charge in [0.05, 0.1) is 0 Å². The number of halogens is 1. The lowest BCUT2D eigenvalue weighted by Crippen LogP contribution is -2.58. The SMILES string of the molecule is CS(=O)(=O)C1(C(=O)NCC2(c3ccccc3)CCCCCC2)CCNCC1.Cl. The highest BCUT2D eigenvalue weighted by Crippen LogP contribution is 2.38. The first kappa shape index (κ1) is 23.2. The van der Waals surface area contributed by atoms with Gasteiger partial charge in [-0.2, -0.15) is 0 Å². The Balaban J connectivity index is 0.00000280. The second-order valence-corrected chi connectivity index (χ2v) is 10.6. The summed E-state index contributed by atoms with van der Waals surface area (Å²) in [4.78, 5) is 13.2. The molecule has 0 aromatic heterocycles. The van der Waals surface area contributed by atoms with E-state index in [2.05, 4.69) is 34.9 Å². The predicted molar refractivity (Wildman–Crippen MR) is 116 cm³/mol. The van der Waals surface area contributed by atoms with E-state index in [4.69, 9.17) is 0 Å². The van der Waals surface area contributed by atoms with Crippen LogP contribution in [-0.2, 0) is 20.0 Å². The highest BCUT2D eigenvalue weighted by atomic mass is 35.5. The number of benzene rings is 1. The quantitative estimate of drug-likeness (QED) is 0.707. The lowest BCUT2D eigenvalue weighted by atomic mass is 9.74. The van der Waals surface area contributed by atoms with Crippen molar-refractivity contribution in [2.75, 3.05) is 25.9 Å². The molecule has 1 heterocycles. The Bertz CT molecular complexity index is 738. The molecular formula is C21H33ClN2O3S. The number of rotatable bonds is 5.